The van der Waals surface area contributed by atoms with Crippen LogP contribution < -0.4 is 5.32 Å². The van der Waals surface area contributed by atoms with Crippen molar-refractivity contribution in [3.8, 4) is 0 Å². The fourth-order valence-electron chi connectivity index (χ4n) is 2.64. The van der Waals surface area contributed by atoms with E-state index in [1.807, 2.05) is 0 Å². The lowest BCUT2D eigenvalue weighted by molar-refractivity contribution is 0.205. The minimum atomic E-state index is -0.159. The summed E-state index contributed by atoms with van der Waals surface area (Å²) in [7, 11) is 0. The maximum absolute atomic E-state index is 13.7. The van der Waals surface area contributed by atoms with Gasteiger partial charge in [0.05, 0.1) is 0 Å². The topological polar surface area (TPSA) is 15.3 Å². The van der Waals surface area contributed by atoms with Crippen LogP contribution in [0, 0.1) is 11.7 Å². The van der Waals surface area contributed by atoms with Gasteiger partial charge >= 0.3 is 0 Å². The SMILES string of the molecule is CCN(Cc1cc(Cl)ccc1F)CC1CCNCC1. The molecule has 1 aliphatic heterocycles. The zero-order chi connectivity index (χ0) is 13.7. The first-order valence-electron chi connectivity index (χ1n) is 7.06. The van der Waals surface area contributed by atoms with E-state index in [-0.39, 0.29) is 5.82 Å². The third kappa shape index (κ3) is 4.44. The summed E-state index contributed by atoms with van der Waals surface area (Å²) >= 11 is 5.94. The Labute approximate surface area is 119 Å². The van der Waals surface area contributed by atoms with Crippen molar-refractivity contribution in [1.82, 2.24) is 10.2 Å². The van der Waals surface area contributed by atoms with E-state index < -0.39 is 0 Å². The summed E-state index contributed by atoms with van der Waals surface area (Å²) in [6, 6.07) is 4.79. The van der Waals surface area contributed by atoms with Crippen molar-refractivity contribution in [2.75, 3.05) is 26.2 Å². The van der Waals surface area contributed by atoms with E-state index in [9.17, 15) is 4.39 Å². The Morgan fingerprint density at radius 2 is 2.11 bits per heavy atom. The molecule has 0 unspecified atom stereocenters. The van der Waals surface area contributed by atoms with Gasteiger partial charge in [-0.2, -0.15) is 0 Å². The molecule has 106 valence electrons. The highest BCUT2D eigenvalue weighted by atomic mass is 35.5. The van der Waals surface area contributed by atoms with Crippen LogP contribution in [0.4, 0.5) is 4.39 Å². The number of hydrogen-bond donors (Lipinski definition) is 1. The summed E-state index contributed by atoms with van der Waals surface area (Å²) in [4.78, 5) is 2.31. The van der Waals surface area contributed by atoms with Crippen molar-refractivity contribution in [2.24, 2.45) is 5.92 Å². The van der Waals surface area contributed by atoms with Gasteiger partial charge in [0.1, 0.15) is 5.82 Å². The molecule has 1 saturated heterocycles. The largest absolute Gasteiger partial charge is 0.317 e. The molecule has 1 aliphatic rings. The lowest BCUT2D eigenvalue weighted by Gasteiger charge is -2.29. The van der Waals surface area contributed by atoms with Crippen LogP contribution in [0.3, 0.4) is 0 Å². The van der Waals surface area contributed by atoms with Crippen molar-refractivity contribution < 1.29 is 4.39 Å². The molecule has 2 nitrogen and oxygen atoms in total. The van der Waals surface area contributed by atoms with E-state index in [1.54, 1.807) is 12.1 Å². The predicted molar refractivity (Wildman–Crippen MR) is 78.0 cm³/mol. The molecule has 0 spiro atoms. The fraction of sp³-hybridized carbons (Fsp3) is 0.600. The fourth-order valence-corrected chi connectivity index (χ4v) is 2.83. The molecule has 2 rings (SSSR count). The maximum atomic E-state index is 13.7. The quantitative estimate of drug-likeness (QED) is 0.892. The average Bonchev–Trinajstić information content (AvgIpc) is 2.43. The third-order valence-electron chi connectivity index (χ3n) is 3.82. The van der Waals surface area contributed by atoms with Gasteiger partial charge in [-0.15, -0.1) is 0 Å². The van der Waals surface area contributed by atoms with Gasteiger partial charge in [0.15, 0.2) is 0 Å². The van der Waals surface area contributed by atoms with Crippen LogP contribution in [0.1, 0.15) is 25.3 Å². The lowest BCUT2D eigenvalue weighted by Crippen LogP contribution is -2.36. The predicted octanol–water partition coefficient (Wildman–Crippen LogP) is 3.30. The van der Waals surface area contributed by atoms with Crippen LogP contribution in [0.5, 0.6) is 0 Å². The van der Waals surface area contributed by atoms with E-state index in [4.69, 9.17) is 11.6 Å². The molecule has 1 N–H and O–H groups in total. The first-order valence-corrected chi connectivity index (χ1v) is 7.44. The number of nitrogens with zero attached hydrogens (tertiary/aromatic N) is 1. The van der Waals surface area contributed by atoms with Gasteiger partial charge in [0.2, 0.25) is 0 Å². The molecule has 1 heterocycles. The molecule has 19 heavy (non-hydrogen) atoms. The van der Waals surface area contributed by atoms with Crippen molar-refractivity contribution in [3.63, 3.8) is 0 Å². The molecule has 1 fully saturated rings. The highest BCUT2D eigenvalue weighted by Crippen LogP contribution is 2.19. The van der Waals surface area contributed by atoms with E-state index in [1.165, 1.54) is 18.9 Å². The monoisotopic (exact) mass is 284 g/mol. The van der Waals surface area contributed by atoms with Gasteiger partial charge in [-0.05, 0) is 56.6 Å². The Bertz CT molecular complexity index is 405. The van der Waals surface area contributed by atoms with Gasteiger partial charge in [0.25, 0.3) is 0 Å². The summed E-state index contributed by atoms with van der Waals surface area (Å²) in [5, 5.41) is 3.98. The lowest BCUT2D eigenvalue weighted by atomic mass is 9.97. The number of piperidine rings is 1. The molecule has 0 radical (unpaired) electrons. The third-order valence-corrected chi connectivity index (χ3v) is 4.06. The molecule has 0 saturated carbocycles. The molecule has 0 aromatic heterocycles. The van der Waals surface area contributed by atoms with Gasteiger partial charge in [-0.25, -0.2) is 4.39 Å². The highest BCUT2D eigenvalue weighted by Gasteiger charge is 2.17. The van der Waals surface area contributed by atoms with Crippen molar-refractivity contribution in [3.05, 3.63) is 34.6 Å². The van der Waals surface area contributed by atoms with E-state index in [0.717, 1.165) is 32.1 Å². The first-order chi connectivity index (χ1) is 9.19. The van der Waals surface area contributed by atoms with E-state index >= 15 is 0 Å². The summed E-state index contributed by atoms with van der Waals surface area (Å²) in [5.74, 6) is 0.566. The summed E-state index contributed by atoms with van der Waals surface area (Å²) in [6.07, 6.45) is 2.43. The van der Waals surface area contributed by atoms with Crippen LogP contribution in [0.15, 0.2) is 18.2 Å². The summed E-state index contributed by atoms with van der Waals surface area (Å²) in [6.45, 7) is 6.97. The number of nitrogens with one attached hydrogen (secondary N) is 1. The molecule has 0 amide bonds. The Kier molecular flexibility index (Phi) is 5.61. The van der Waals surface area contributed by atoms with Gasteiger partial charge in [-0.1, -0.05) is 18.5 Å². The molecule has 1 aromatic rings. The molecule has 0 bridgehead atoms. The smallest absolute Gasteiger partial charge is 0.127 e. The summed E-state index contributed by atoms with van der Waals surface area (Å²) in [5.41, 5.74) is 0.697. The number of hydrogen-bond acceptors (Lipinski definition) is 2. The second kappa shape index (κ2) is 7.22. The summed E-state index contributed by atoms with van der Waals surface area (Å²) < 4.78 is 13.7. The van der Waals surface area contributed by atoms with Crippen LogP contribution in [0.2, 0.25) is 5.02 Å². The first kappa shape index (κ1) is 14.8. The molecule has 1 aromatic carbocycles. The Morgan fingerprint density at radius 1 is 1.37 bits per heavy atom. The molecule has 4 heteroatoms. The zero-order valence-corrected chi connectivity index (χ0v) is 12.2. The molecule has 0 atom stereocenters. The van der Waals surface area contributed by atoms with Crippen LogP contribution in [-0.2, 0) is 6.54 Å². The van der Waals surface area contributed by atoms with Crippen LogP contribution in [0.25, 0.3) is 0 Å². The standard InChI is InChI=1S/C15H22ClFN2/c1-2-19(10-12-5-7-18-8-6-12)11-13-9-14(16)3-4-15(13)17/h3-4,9,12,18H,2,5-8,10-11H2,1H3. The molecule has 0 aliphatic carbocycles. The Balaban J connectivity index is 1.95. The normalized spacial score (nSPS) is 17.1. The van der Waals surface area contributed by atoms with Gasteiger partial charge in [0, 0.05) is 23.7 Å². The average molecular weight is 285 g/mol. The minimum Gasteiger partial charge on any atom is -0.317 e. The highest BCUT2D eigenvalue weighted by molar-refractivity contribution is 6.30. The van der Waals surface area contributed by atoms with Crippen LogP contribution >= 0.6 is 11.6 Å². The second-order valence-electron chi connectivity index (χ2n) is 5.26. The number of halogens is 2. The molecular formula is C15H22ClFN2. The maximum Gasteiger partial charge on any atom is 0.127 e. The van der Waals surface area contributed by atoms with Crippen molar-refractivity contribution >= 4 is 11.6 Å². The van der Waals surface area contributed by atoms with E-state index in [0.29, 0.717) is 17.1 Å². The van der Waals surface area contributed by atoms with Gasteiger partial charge < -0.3 is 5.32 Å². The Morgan fingerprint density at radius 3 is 2.79 bits per heavy atom. The minimum absolute atomic E-state index is 0.159. The van der Waals surface area contributed by atoms with Crippen molar-refractivity contribution in [1.29, 1.82) is 0 Å². The van der Waals surface area contributed by atoms with E-state index in [2.05, 4.69) is 17.1 Å². The van der Waals surface area contributed by atoms with Crippen molar-refractivity contribution in [2.45, 2.75) is 26.3 Å². The molecular weight excluding hydrogens is 263 g/mol. The Hall–Kier alpha value is -0.640. The number of rotatable bonds is 5. The zero-order valence-electron chi connectivity index (χ0n) is 11.5. The second-order valence-corrected chi connectivity index (χ2v) is 5.69. The number of benzene rings is 1. The van der Waals surface area contributed by atoms with Crippen LogP contribution in [-0.4, -0.2) is 31.1 Å². The van der Waals surface area contributed by atoms with Gasteiger partial charge in [-0.3, -0.25) is 4.90 Å².